The van der Waals surface area contributed by atoms with E-state index >= 15 is 0 Å². The van der Waals surface area contributed by atoms with Gasteiger partial charge in [-0.2, -0.15) is 0 Å². The number of carbonyl (C=O) groups is 3. The number of amides is 1. The first-order valence-electron chi connectivity index (χ1n) is 10.5. The molecule has 1 aromatic rings. The molecule has 0 bridgehead atoms. The minimum Gasteiger partial charge on any atom is -0.464 e. The van der Waals surface area contributed by atoms with Gasteiger partial charge in [-0.1, -0.05) is 12.8 Å². The molecule has 7 nitrogen and oxygen atoms in total. The molecule has 0 spiro atoms. The average molecular weight is 407 g/mol. The van der Waals surface area contributed by atoms with E-state index in [0.29, 0.717) is 43.0 Å². The number of H-pyrrole nitrogens is 1. The van der Waals surface area contributed by atoms with Crippen LogP contribution in [0.5, 0.6) is 0 Å². The number of nitrogens with one attached hydrogen (secondary N) is 1. The second-order valence-electron chi connectivity index (χ2n) is 7.72. The van der Waals surface area contributed by atoms with Crippen molar-refractivity contribution in [2.75, 3.05) is 26.9 Å². The highest BCUT2D eigenvalue weighted by Gasteiger charge is 2.34. The van der Waals surface area contributed by atoms with Crippen LogP contribution in [-0.4, -0.2) is 60.5 Å². The van der Waals surface area contributed by atoms with E-state index in [-0.39, 0.29) is 23.3 Å². The third-order valence-electron chi connectivity index (χ3n) is 5.80. The Morgan fingerprint density at radius 3 is 2.45 bits per heavy atom. The highest BCUT2D eigenvalue weighted by Crippen LogP contribution is 2.29. The summed E-state index contributed by atoms with van der Waals surface area (Å²) in [5.74, 6) is -0.614. The molecular weight excluding hydrogens is 372 g/mol. The highest BCUT2D eigenvalue weighted by atomic mass is 16.5. The van der Waals surface area contributed by atoms with Crippen molar-refractivity contribution in [1.82, 2.24) is 9.88 Å². The van der Waals surface area contributed by atoms with Crippen molar-refractivity contribution in [2.45, 2.75) is 65.8 Å². The number of nitrogens with zero attached hydrogens (tertiary/aromatic N) is 1. The third kappa shape index (κ3) is 5.26. The summed E-state index contributed by atoms with van der Waals surface area (Å²) >= 11 is 0. The Labute approximate surface area is 173 Å². The molecule has 1 saturated carbocycles. The molecule has 1 N–H and O–H groups in total. The maximum Gasteiger partial charge on any atom is 0.354 e. The van der Waals surface area contributed by atoms with Gasteiger partial charge in [-0.15, -0.1) is 0 Å². The summed E-state index contributed by atoms with van der Waals surface area (Å²) in [5.41, 5.74) is 1.92. The van der Waals surface area contributed by atoms with Gasteiger partial charge in [0.25, 0.3) is 0 Å². The molecule has 2 rings (SSSR count). The molecule has 1 aromatic heterocycles. The molecule has 1 amide bonds. The van der Waals surface area contributed by atoms with Gasteiger partial charge in [-0.25, -0.2) is 4.79 Å². The van der Waals surface area contributed by atoms with Crippen molar-refractivity contribution < 1.29 is 23.9 Å². The lowest BCUT2D eigenvalue weighted by Gasteiger charge is -2.31. The second kappa shape index (κ2) is 10.6. The largest absolute Gasteiger partial charge is 0.464 e. The summed E-state index contributed by atoms with van der Waals surface area (Å²) in [4.78, 5) is 43.2. The fourth-order valence-electron chi connectivity index (χ4n) is 4.16. The van der Waals surface area contributed by atoms with Crippen LogP contribution in [0.25, 0.3) is 0 Å². The van der Waals surface area contributed by atoms with Crippen molar-refractivity contribution in [3.63, 3.8) is 0 Å². The molecule has 29 heavy (non-hydrogen) atoms. The van der Waals surface area contributed by atoms with Gasteiger partial charge in [0, 0.05) is 36.9 Å². The van der Waals surface area contributed by atoms with Gasteiger partial charge in [0.15, 0.2) is 5.78 Å². The molecule has 1 unspecified atom stereocenters. The molecule has 1 heterocycles. The highest BCUT2D eigenvalue weighted by molar-refractivity contribution is 6.06. The van der Waals surface area contributed by atoms with Crippen LogP contribution in [0.2, 0.25) is 0 Å². The van der Waals surface area contributed by atoms with Crippen LogP contribution in [-0.2, 0) is 14.3 Å². The number of ether oxygens (including phenoxy) is 2. The van der Waals surface area contributed by atoms with Gasteiger partial charge in [0.2, 0.25) is 5.91 Å². The Kier molecular flexibility index (Phi) is 8.44. The van der Waals surface area contributed by atoms with Crippen molar-refractivity contribution in [2.24, 2.45) is 5.92 Å². The van der Waals surface area contributed by atoms with Crippen LogP contribution in [0.15, 0.2) is 0 Å². The van der Waals surface area contributed by atoms with Crippen molar-refractivity contribution >= 4 is 17.7 Å². The van der Waals surface area contributed by atoms with E-state index in [2.05, 4.69) is 4.98 Å². The van der Waals surface area contributed by atoms with E-state index in [1.54, 1.807) is 25.7 Å². The summed E-state index contributed by atoms with van der Waals surface area (Å²) in [5, 5.41) is 0. The maximum absolute atomic E-state index is 13.4. The lowest BCUT2D eigenvalue weighted by atomic mass is 9.98. The Bertz CT molecular complexity index is 734. The molecule has 0 saturated heterocycles. The predicted octanol–water partition coefficient (Wildman–Crippen LogP) is 3.43. The molecular formula is C22H34N2O5. The molecule has 162 valence electrons. The normalized spacial score (nSPS) is 15.3. The van der Waals surface area contributed by atoms with Gasteiger partial charge in [-0.05, 0) is 52.5 Å². The zero-order chi connectivity index (χ0) is 21.6. The van der Waals surface area contributed by atoms with E-state index in [0.717, 1.165) is 25.7 Å². The average Bonchev–Trinajstić information content (AvgIpc) is 3.34. The van der Waals surface area contributed by atoms with Crippen LogP contribution in [0.3, 0.4) is 0 Å². The number of aryl methyl sites for hydroxylation is 1. The Morgan fingerprint density at radius 1 is 1.21 bits per heavy atom. The number of hydrogen-bond donors (Lipinski definition) is 1. The lowest BCUT2D eigenvalue weighted by molar-refractivity contribution is -0.136. The van der Waals surface area contributed by atoms with Crippen molar-refractivity contribution in [1.29, 1.82) is 0 Å². The number of esters is 1. The van der Waals surface area contributed by atoms with E-state index in [1.807, 2.05) is 6.92 Å². The van der Waals surface area contributed by atoms with Gasteiger partial charge in [-0.3, -0.25) is 9.59 Å². The SMILES string of the molecule is CCOCCCN(C(=O)C1CCCC1)C(C)C(=O)c1c(C)[nH]c(C(=O)OC)c1C. The van der Waals surface area contributed by atoms with E-state index in [4.69, 9.17) is 9.47 Å². The second-order valence-corrected chi connectivity index (χ2v) is 7.72. The van der Waals surface area contributed by atoms with Crippen molar-refractivity contribution in [3.05, 3.63) is 22.5 Å². The smallest absolute Gasteiger partial charge is 0.354 e. The Balaban J connectivity index is 2.25. The summed E-state index contributed by atoms with van der Waals surface area (Å²) in [6.45, 7) is 8.87. The van der Waals surface area contributed by atoms with Crippen LogP contribution >= 0.6 is 0 Å². The monoisotopic (exact) mass is 406 g/mol. The van der Waals surface area contributed by atoms with E-state index in [1.165, 1.54) is 7.11 Å². The topological polar surface area (TPSA) is 88.7 Å². The zero-order valence-corrected chi connectivity index (χ0v) is 18.3. The minimum absolute atomic E-state index is 0.00334. The predicted molar refractivity (Wildman–Crippen MR) is 110 cm³/mol. The van der Waals surface area contributed by atoms with Crippen LogP contribution in [0.4, 0.5) is 0 Å². The number of aromatic amines is 1. The standard InChI is InChI=1S/C22H34N2O5/c1-6-29-13-9-12-24(21(26)17-10-7-8-11-17)16(4)20(25)18-14(2)19(22(27)28-5)23-15(18)3/h16-17,23H,6-13H2,1-5H3. The zero-order valence-electron chi connectivity index (χ0n) is 18.3. The van der Waals surface area contributed by atoms with Gasteiger partial charge >= 0.3 is 5.97 Å². The van der Waals surface area contributed by atoms with Crippen LogP contribution in [0.1, 0.15) is 78.1 Å². The fourth-order valence-corrected chi connectivity index (χ4v) is 4.16. The molecule has 0 aliphatic heterocycles. The number of aromatic nitrogens is 1. The first-order chi connectivity index (χ1) is 13.8. The molecule has 1 aliphatic carbocycles. The summed E-state index contributed by atoms with van der Waals surface area (Å²) < 4.78 is 10.2. The Hall–Kier alpha value is -2.15. The third-order valence-corrected chi connectivity index (χ3v) is 5.80. The maximum atomic E-state index is 13.4. The first kappa shape index (κ1) is 23.1. The van der Waals surface area contributed by atoms with Crippen LogP contribution < -0.4 is 0 Å². The molecule has 0 aromatic carbocycles. The fraction of sp³-hybridized carbons (Fsp3) is 0.682. The van der Waals surface area contributed by atoms with Crippen LogP contribution in [0, 0.1) is 19.8 Å². The number of rotatable bonds is 10. The van der Waals surface area contributed by atoms with Gasteiger partial charge in [0.05, 0.1) is 13.2 Å². The minimum atomic E-state index is -0.608. The van der Waals surface area contributed by atoms with Gasteiger partial charge in [0.1, 0.15) is 5.69 Å². The number of ketones is 1. The number of hydrogen-bond acceptors (Lipinski definition) is 5. The molecule has 7 heteroatoms. The number of carbonyl (C=O) groups excluding carboxylic acids is 3. The van der Waals surface area contributed by atoms with Crippen molar-refractivity contribution in [3.8, 4) is 0 Å². The number of methoxy groups -OCH3 is 1. The molecule has 0 radical (unpaired) electrons. The molecule has 1 atom stereocenters. The van der Waals surface area contributed by atoms with Gasteiger partial charge < -0.3 is 19.4 Å². The quantitative estimate of drug-likeness (QED) is 0.365. The van der Waals surface area contributed by atoms with E-state index < -0.39 is 12.0 Å². The Morgan fingerprint density at radius 2 is 1.86 bits per heavy atom. The van der Waals surface area contributed by atoms with E-state index in [9.17, 15) is 14.4 Å². The summed E-state index contributed by atoms with van der Waals surface area (Å²) in [6, 6.07) is -0.608. The lowest BCUT2D eigenvalue weighted by Crippen LogP contribution is -2.46. The molecule has 1 aliphatic rings. The summed E-state index contributed by atoms with van der Waals surface area (Å²) in [6.07, 6.45) is 4.57. The summed E-state index contributed by atoms with van der Waals surface area (Å²) in [7, 11) is 1.31. The molecule has 1 fully saturated rings. The number of Topliss-reactive ketones (excluding diaryl/α,β-unsaturated/α-hetero) is 1. The first-order valence-corrected chi connectivity index (χ1v) is 10.5.